The van der Waals surface area contributed by atoms with Crippen molar-refractivity contribution in [3.8, 4) is 0 Å². The van der Waals surface area contributed by atoms with Crippen molar-refractivity contribution in [2.45, 2.75) is 94.8 Å². The number of amides is 1. The van der Waals surface area contributed by atoms with Gasteiger partial charge in [-0.3, -0.25) is 9.69 Å². The Bertz CT molecular complexity index is 1720. The standard InChI is InChI=1S/C34H43F4N5O3S/c1-23-40-29-9-4-5-10-30(29)43(23)28-20-26-11-12-27(21-28)42(26)18-15-33(24-7-6-8-25(35)19-24)13-16-41(17-14-33)31(44)32(2,3)22-39-47(45,46)34(36,37)38/h4-10,19,26-28,39H,11-18,20-22H2,1-3H3/t26-,27+,28?. The van der Waals surface area contributed by atoms with E-state index >= 15 is 0 Å². The van der Waals surface area contributed by atoms with E-state index in [9.17, 15) is 30.8 Å². The van der Waals surface area contributed by atoms with Crippen molar-refractivity contribution < 1.29 is 30.8 Å². The summed E-state index contributed by atoms with van der Waals surface area (Å²) < 4.78 is 80.3. The van der Waals surface area contributed by atoms with Crippen LogP contribution < -0.4 is 4.72 Å². The fraction of sp³-hybridized carbons (Fsp3) is 0.588. The lowest BCUT2D eigenvalue weighted by Gasteiger charge is -2.46. The number of para-hydroxylation sites is 2. The lowest BCUT2D eigenvalue weighted by Crippen LogP contribution is -2.53. The van der Waals surface area contributed by atoms with Gasteiger partial charge in [0.1, 0.15) is 11.6 Å². The molecule has 2 aromatic carbocycles. The van der Waals surface area contributed by atoms with Crippen molar-refractivity contribution in [1.29, 1.82) is 0 Å². The third-order valence-electron chi connectivity index (χ3n) is 10.9. The Morgan fingerprint density at radius 3 is 2.30 bits per heavy atom. The first kappa shape index (κ1) is 33.9. The van der Waals surface area contributed by atoms with Gasteiger partial charge in [-0.2, -0.15) is 13.2 Å². The summed E-state index contributed by atoms with van der Waals surface area (Å²) in [5, 5.41) is 0. The van der Waals surface area contributed by atoms with E-state index in [2.05, 4.69) is 34.6 Å². The molecule has 256 valence electrons. The summed E-state index contributed by atoms with van der Waals surface area (Å²) >= 11 is 0. The number of fused-ring (bicyclic) bond motifs is 3. The van der Waals surface area contributed by atoms with E-state index in [0.29, 0.717) is 44.1 Å². The van der Waals surface area contributed by atoms with Crippen molar-refractivity contribution in [2.24, 2.45) is 5.41 Å². The fourth-order valence-corrected chi connectivity index (χ4v) is 9.00. The number of halogens is 4. The lowest BCUT2D eigenvalue weighted by molar-refractivity contribution is -0.141. The number of piperidine rings is 2. The van der Waals surface area contributed by atoms with E-state index in [1.54, 1.807) is 21.8 Å². The van der Waals surface area contributed by atoms with Crippen LogP contribution in [0.25, 0.3) is 11.0 Å². The summed E-state index contributed by atoms with van der Waals surface area (Å²) in [4.78, 5) is 22.5. The van der Waals surface area contributed by atoms with Crippen LogP contribution in [0.2, 0.25) is 0 Å². The largest absolute Gasteiger partial charge is 0.511 e. The number of nitrogens with one attached hydrogen (secondary N) is 1. The molecule has 1 aromatic heterocycles. The fourth-order valence-electron chi connectivity index (χ4n) is 8.29. The highest BCUT2D eigenvalue weighted by atomic mass is 32.2. The Balaban J connectivity index is 1.14. The van der Waals surface area contributed by atoms with Gasteiger partial charge in [0.25, 0.3) is 0 Å². The van der Waals surface area contributed by atoms with E-state index < -0.39 is 33.4 Å². The molecule has 0 saturated carbocycles. The van der Waals surface area contributed by atoms with Gasteiger partial charge < -0.3 is 9.47 Å². The average Bonchev–Trinajstić information content (AvgIpc) is 3.48. The number of alkyl halides is 3. The Hall–Kier alpha value is -3.03. The molecule has 3 fully saturated rings. The molecule has 8 nitrogen and oxygen atoms in total. The molecule has 1 unspecified atom stereocenters. The molecule has 1 N–H and O–H groups in total. The van der Waals surface area contributed by atoms with Crippen molar-refractivity contribution in [3.63, 3.8) is 0 Å². The van der Waals surface area contributed by atoms with Crippen LogP contribution in [0.4, 0.5) is 17.6 Å². The third kappa shape index (κ3) is 6.55. The Morgan fingerprint density at radius 2 is 1.66 bits per heavy atom. The monoisotopic (exact) mass is 677 g/mol. The second kappa shape index (κ2) is 12.5. The summed E-state index contributed by atoms with van der Waals surface area (Å²) in [5.41, 5.74) is -4.13. The van der Waals surface area contributed by atoms with E-state index in [4.69, 9.17) is 4.98 Å². The number of rotatable bonds is 9. The van der Waals surface area contributed by atoms with E-state index in [0.717, 1.165) is 55.6 Å². The van der Waals surface area contributed by atoms with Gasteiger partial charge in [-0.05, 0) is 108 Å². The molecule has 0 radical (unpaired) electrons. The van der Waals surface area contributed by atoms with Gasteiger partial charge in [-0.15, -0.1) is 0 Å². The van der Waals surface area contributed by atoms with Crippen molar-refractivity contribution in [1.82, 2.24) is 24.1 Å². The zero-order chi connectivity index (χ0) is 33.8. The highest BCUT2D eigenvalue weighted by Gasteiger charge is 2.48. The maximum absolute atomic E-state index is 14.6. The molecule has 3 aliphatic rings. The maximum Gasteiger partial charge on any atom is 0.511 e. The molecule has 4 heterocycles. The SMILES string of the molecule is Cc1nc2ccccc2n1C1C[C@H]2CC[C@@H](C1)N2CCC1(c2cccc(F)c2)CCN(C(=O)C(C)(C)CNS(=O)(=O)C(F)(F)F)CC1. The van der Waals surface area contributed by atoms with Crippen molar-refractivity contribution in [3.05, 3.63) is 65.7 Å². The minimum absolute atomic E-state index is 0.317. The zero-order valence-electron chi connectivity index (χ0n) is 27.1. The summed E-state index contributed by atoms with van der Waals surface area (Å²) in [6, 6.07) is 16.2. The molecule has 47 heavy (non-hydrogen) atoms. The minimum Gasteiger partial charge on any atom is -0.342 e. The average molecular weight is 678 g/mol. The number of sulfonamides is 1. The van der Waals surface area contributed by atoms with Crippen LogP contribution in [0.15, 0.2) is 48.5 Å². The molecule has 3 saturated heterocycles. The van der Waals surface area contributed by atoms with Gasteiger partial charge in [0.05, 0.1) is 16.4 Å². The van der Waals surface area contributed by atoms with Gasteiger partial charge >= 0.3 is 15.5 Å². The van der Waals surface area contributed by atoms with Crippen LogP contribution in [0.5, 0.6) is 0 Å². The van der Waals surface area contributed by atoms with Crippen LogP contribution in [-0.2, 0) is 20.2 Å². The molecule has 0 spiro atoms. The first-order chi connectivity index (χ1) is 22.1. The third-order valence-corrected chi connectivity index (χ3v) is 12.0. The lowest BCUT2D eigenvalue weighted by atomic mass is 9.70. The number of likely N-dealkylation sites (tertiary alicyclic amines) is 1. The van der Waals surface area contributed by atoms with Gasteiger partial charge in [0, 0.05) is 37.8 Å². The highest BCUT2D eigenvalue weighted by Crippen LogP contribution is 2.45. The molecule has 3 aromatic rings. The number of nitrogens with zero attached hydrogens (tertiary/aromatic N) is 4. The zero-order valence-corrected chi connectivity index (χ0v) is 27.9. The molecule has 2 bridgehead atoms. The van der Waals surface area contributed by atoms with Gasteiger partial charge in [0.2, 0.25) is 5.91 Å². The van der Waals surface area contributed by atoms with Crippen LogP contribution in [-0.4, -0.2) is 77.4 Å². The number of aryl methyl sites for hydroxylation is 1. The van der Waals surface area contributed by atoms with Crippen LogP contribution in [0.1, 0.15) is 76.2 Å². The molecule has 13 heteroatoms. The molecular weight excluding hydrogens is 634 g/mol. The number of carbonyl (C=O) groups is 1. The predicted molar refractivity (Wildman–Crippen MR) is 172 cm³/mol. The predicted octanol–water partition coefficient (Wildman–Crippen LogP) is 6.07. The number of hydrogen-bond donors (Lipinski definition) is 1. The maximum atomic E-state index is 14.6. The second-order valence-electron chi connectivity index (χ2n) is 14.3. The van der Waals surface area contributed by atoms with Gasteiger partial charge in [-0.1, -0.05) is 24.3 Å². The summed E-state index contributed by atoms with van der Waals surface area (Å²) in [6.07, 6.45) is 6.28. The molecule has 3 aliphatic heterocycles. The summed E-state index contributed by atoms with van der Waals surface area (Å²) in [5.74, 6) is 0.302. The van der Waals surface area contributed by atoms with Crippen LogP contribution in [0.3, 0.4) is 0 Å². The first-order valence-corrected chi connectivity index (χ1v) is 17.9. The van der Waals surface area contributed by atoms with Crippen molar-refractivity contribution in [2.75, 3.05) is 26.2 Å². The molecule has 1 amide bonds. The topological polar surface area (TPSA) is 87.5 Å². The Labute approximate surface area is 273 Å². The second-order valence-corrected chi connectivity index (χ2v) is 16.0. The smallest absolute Gasteiger partial charge is 0.342 e. The van der Waals surface area contributed by atoms with Gasteiger partial charge in [0.15, 0.2) is 0 Å². The Morgan fingerprint density at radius 1 is 1.00 bits per heavy atom. The van der Waals surface area contributed by atoms with Crippen LogP contribution in [0, 0.1) is 18.2 Å². The quantitative estimate of drug-likeness (QED) is 0.278. The number of carbonyl (C=O) groups excluding carboxylic acids is 1. The highest BCUT2D eigenvalue weighted by molar-refractivity contribution is 7.90. The number of hydrogen-bond acceptors (Lipinski definition) is 5. The number of imidazole rings is 1. The van der Waals surface area contributed by atoms with E-state index in [1.165, 1.54) is 25.4 Å². The molecule has 0 aliphatic carbocycles. The number of benzene rings is 2. The van der Waals surface area contributed by atoms with E-state index in [1.807, 2.05) is 12.1 Å². The normalized spacial score (nSPS) is 23.8. The first-order valence-electron chi connectivity index (χ1n) is 16.4. The molecule has 3 atom stereocenters. The van der Waals surface area contributed by atoms with Crippen molar-refractivity contribution >= 4 is 27.0 Å². The number of aromatic nitrogens is 2. The van der Waals surface area contributed by atoms with Gasteiger partial charge in [-0.25, -0.2) is 22.5 Å². The van der Waals surface area contributed by atoms with Crippen LogP contribution >= 0.6 is 0 Å². The molecular formula is C34H43F4N5O3S. The van der Waals surface area contributed by atoms with E-state index in [-0.39, 0.29) is 11.2 Å². The summed E-state index contributed by atoms with van der Waals surface area (Å²) in [7, 11) is -5.57. The Kier molecular flexibility index (Phi) is 8.97. The minimum atomic E-state index is -5.57. The molecule has 6 rings (SSSR count). The summed E-state index contributed by atoms with van der Waals surface area (Å²) in [6.45, 7) is 5.81.